The summed E-state index contributed by atoms with van der Waals surface area (Å²) in [6, 6.07) is 13.9. The van der Waals surface area contributed by atoms with E-state index in [1.807, 2.05) is 66.1 Å². The first-order chi connectivity index (χ1) is 17.0. The monoisotopic (exact) mass is 476 g/mol. The number of aromatic nitrogens is 2. The molecule has 35 heavy (non-hydrogen) atoms. The van der Waals surface area contributed by atoms with Crippen LogP contribution in [0.25, 0.3) is 0 Å². The Morgan fingerprint density at radius 2 is 1.86 bits per heavy atom. The molecule has 1 aromatic heterocycles. The molecular formula is C25H28N6O4. The lowest BCUT2D eigenvalue weighted by Gasteiger charge is -2.35. The van der Waals surface area contributed by atoms with Gasteiger partial charge in [-0.15, -0.1) is 0 Å². The third-order valence-electron chi connectivity index (χ3n) is 6.37. The van der Waals surface area contributed by atoms with Crippen molar-refractivity contribution in [3.8, 4) is 11.5 Å². The molecule has 182 valence electrons. The number of rotatable bonds is 7. The van der Waals surface area contributed by atoms with Gasteiger partial charge >= 0.3 is 5.69 Å². The lowest BCUT2D eigenvalue weighted by atomic mass is 10.1. The maximum Gasteiger partial charge on any atom is 0.353 e. The van der Waals surface area contributed by atoms with E-state index in [0.717, 1.165) is 47.9 Å². The van der Waals surface area contributed by atoms with Crippen molar-refractivity contribution in [2.75, 3.05) is 49.3 Å². The Morgan fingerprint density at radius 3 is 2.60 bits per heavy atom. The molecular weight excluding hydrogens is 448 g/mol. The molecule has 0 atom stereocenters. The highest BCUT2D eigenvalue weighted by molar-refractivity contribution is 5.76. The van der Waals surface area contributed by atoms with Gasteiger partial charge in [0.05, 0.1) is 4.92 Å². The number of nitro groups is 1. The van der Waals surface area contributed by atoms with Gasteiger partial charge in [0.15, 0.2) is 11.5 Å². The quantitative estimate of drug-likeness (QED) is 0.371. The second-order valence-electron chi connectivity index (χ2n) is 8.66. The maximum atomic E-state index is 12.2. The predicted octanol–water partition coefficient (Wildman–Crippen LogP) is 3.90. The summed E-state index contributed by atoms with van der Waals surface area (Å²) in [7, 11) is 0. The van der Waals surface area contributed by atoms with Gasteiger partial charge in [-0.1, -0.05) is 18.2 Å². The molecule has 10 heteroatoms. The number of piperazine rings is 1. The minimum absolute atomic E-state index is 0.0555. The molecule has 0 spiro atoms. The van der Waals surface area contributed by atoms with Gasteiger partial charge in [0, 0.05) is 45.0 Å². The number of nitrogens with zero attached hydrogens (tertiary/aromatic N) is 6. The Kier molecular flexibility index (Phi) is 6.37. The van der Waals surface area contributed by atoms with Crippen molar-refractivity contribution in [1.82, 2.24) is 14.9 Å². The number of aryl methyl sites for hydroxylation is 1. The van der Waals surface area contributed by atoms with Gasteiger partial charge in [0.1, 0.15) is 6.33 Å². The van der Waals surface area contributed by atoms with E-state index >= 15 is 0 Å². The van der Waals surface area contributed by atoms with Crippen molar-refractivity contribution in [2.45, 2.75) is 20.4 Å². The van der Waals surface area contributed by atoms with Gasteiger partial charge in [0.2, 0.25) is 18.4 Å². The Morgan fingerprint density at radius 1 is 1.06 bits per heavy atom. The van der Waals surface area contributed by atoms with E-state index in [2.05, 4.69) is 14.9 Å². The molecule has 0 aliphatic carbocycles. The fourth-order valence-electron chi connectivity index (χ4n) is 4.62. The molecule has 2 aliphatic heterocycles. The highest BCUT2D eigenvalue weighted by Crippen LogP contribution is 2.38. The summed E-state index contributed by atoms with van der Waals surface area (Å²) in [5.74, 6) is 2.24. The van der Waals surface area contributed by atoms with E-state index in [1.165, 1.54) is 6.33 Å². The molecule has 0 unspecified atom stereocenters. The Hall–Kier alpha value is -3.92. The molecule has 0 N–H and O–H groups in total. The first-order valence-corrected chi connectivity index (χ1v) is 11.7. The molecule has 0 bridgehead atoms. The van der Waals surface area contributed by atoms with Crippen molar-refractivity contribution >= 4 is 23.0 Å². The number of ether oxygens (including phenoxy) is 2. The third kappa shape index (κ3) is 4.69. The van der Waals surface area contributed by atoms with Gasteiger partial charge < -0.3 is 19.3 Å². The maximum absolute atomic E-state index is 12.2. The van der Waals surface area contributed by atoms with E-state index in [0.29, 0.717) is 31.3 Å². The minimum Gasteiger partial charge on any atom is -0.454 e. The summed E-state index contributed by atoms with van der Waals surface area (Å²) < 4.78 is 10.9. The fourth-order valence-corrected chi connectivity index (χ4v) is 4.62. The molecule has 2 aromatic carbocycles. The average molecular weight is 477 g/mol. The van der Waals surface area contributed by atoms with E-state index in [9.17, 15) is 10.1 Å². The summed E-state index contributed by atoms with van der Waals surface area (Å²) >= 11 is 0. The topological polar surface area (TPSA) is 97.1 Å². The van der Waals surface area contributed by atoms with Crippen LogP contribution in [-0.4, -0.2) is 59.3 Å². The van der Waals surface area contributed by atoms with Gasteiger partial charge in [0.25, 0.3) is 0 Å². The molecule has 1 fully saturated rings. The Balaban J connectivity index is 1.34. The van der Waals surface area contributed by atoms with Crippen molar-refractivity contribution in [1.29, 1.82) is 0 Å². The molecule has 2 aliphatic rings. The fraction of sp³-hybridized carbons (Fsp3) is 0.360. The van der Waals surface area contributed by atoms with Crippen LogP contribution in [0.5, 0.6) is 11.5 Å². The standard InChI is InChI=1S/C25H28N6O4/c1-3-30(20-6-4-5-18(2)13-20)25-23(31(32)33)24(26-16-27-25)29-11-9-28(10-12-29)15-19-7-8-21-22(14-19)35-17-34-21/h4-8,13-14,16H,3,9-12,15,17H2,1-2H3. The molecule has 0 radical (unpaired) electrons. The first-order valence-electron chi connectivity index (χ1n) is 11.7. The summed E-state index contributed by atoms with van der Waals surface area (Å²) in [5, 5.41) is 12.2. The normalized spacial score (nSPS) is 15.3. The Bertz CT molecular complexity index is 1230. The van der Waals surface area contributed by atoms with Crippen LogP contribution in [0, 0.1) is 17.0 Å². The molecule has 10 nitrogen and oxygen atoms in total. The highest BCUT2D eigenvalue weighted by atomic mass is 16.7. The van der Waals surface area contributed by atoms with Gasteiger partial charge in [-0.25, -0.2) is 9.97 Å². The molecule has 5 rings (SSSR count). The smallest absolute Gasteiger partial charge is 0.353 e. The summed E-state index contributed by atoms with van der Waals surface area (Å²) in [5.41, 5.74) is 3.04. The SMILES string of the molecule is CCN(c1cccc(C)c1)c1ncnc(N2CCN(Cc3ccc4c(c3)OCO4)CC2)c1[N+](=O)[O-]. The lowest BCUT2D eigenvalue weighted by Crippen LogP contribution is -2.46. The number of hydrogen-bond acceptors (Lipinski definition) is 9. The first kappa shape index (κ1) is 22.9. The zero-order chi connectivity index (χ0) is 24.4. The summed E-state index contributed by atoms with van der Waals surface area (Å²) in [6.45, 7) is 8.35. The van der Waals surface area contributed by atoms with Gasteiger partial charge in [-0.3, -0.25) is 15.0 Å². The molecule has 0 amide bonds. The van der Waals surface area contributed by atoms with Crippen LogP contribution in [-0.2, 0) is 6.54 Å². The predicted molar refractivity (Wildman–Crippen MR) is 133 cm³/mol. The number of fused-ring (bicyclic) bond motifs is 1. The lowest BCUT2D eigenvalue weighted by molar-refractivity contribution is -0.383. The minimum atomic E-state index is -0.359. The zero-order valence-electron chi connectivity index (χ0n) is 19.9. The average Bonchev–Trinajstić information content (AvgIpc) is 3.33. The van der Waals surface area contributed by atoms with E-state index < -0.39 is 0 Å². The van der Waals surface area contributed by atoms with Crippen LogP contribution >= 0.6 is 0 Å². The van der Waals surface area contributed by atoms with E-state index in [4.69, 9.17) is 9.47 Å². The largest absolute Gasteiger partial charge is 0.454 e. The van der Waals surface area contributed by atoms with Crippen LogP contribution in [0.3, 0.4) is 0 Å². The highest BCUT2D eigenvalue weighted by Gasteiger charge is 2.32. The Labute approximate surface area is 203 Å². The molecule has 3 heterocycles. The van der Waals surface area contributed by atoms with Crippen molar-refractivity contribution in [3.63, 3.8) is 0 Å². The van der Waals surface area contributed by atoms with Crippen LogP contribution < -0.4 is 19.3 Å². The number of anilines is 3. The van der Waals surface area contributed by atoms with Crippen molar-refractivity contribution < 1.29 is 14.4 Å². The van der Waals surface area contributed by atoms with Crippen LogP contribution in [0.1, 0.15) is 18.1 Å². The van der Waals surface area contributed by atoms with Gasteiger partial charge in [-0.2, -0.15) is 0 Å². The van der Waals surface area contributed by atoms with Crippen LogP contribution in [0.15, 0.2) is 48.8 Å². The number of benzene rings is 2. The van der Waals surface area contributed by atoms with Crippen LogP contribution in [0.2, 0.25) is 0 Å². The third-order valence-corrected chi connectivity index (χ3v) is 6.37. The van der Waals surface area contributed by atoms with E-state index in [-0.39, 0.29) is 17.4 Å². The van der Waals surface area contributed by atoms with Crippen molar-refractivity contribution in [3.05, 3.63) is 70.0 Å². The van der Waals surface area contributed by atoms with Crippen molar-refractivity contribution in [2.24, 2.45) is 0 Å². The molecule has 3 aromatic rings. The van der Waals surface area contributed by atoms with Crippen LogP contribution in [0.4, 0.5) is 23.0 Å². The second kappa shape index (κ2) is 9.75. The number of hydrogen-bond donors (Lipinski definition) is 0. The molecule has 0 saturated carbocycles. The zero-order valence-corrected chi connectivity index (χ0v) is 19.9. The summed E-state index contributed by atoms with van der Waals surface area (Å²) in [6.07, 6.45) is 1.43. The van der Waals surface area contributed by atoms with Gasteiger partial charge in [-0.05, 0) is 49.2 Å². The second-order valence-corrected chi connectivity index (χ2v) is 8.66. The van der Waals surface area contributed by atoms with E-state index in [1.54, 1.807) is 0 Å². The molecule has 1 saturated heterocycles. The summed E-state index contributed by atoms with van der Waals surface area (Å²) in [4.78, 5) is 26.8.